The largest absolute Gasteiger partial charge is 0.468 e. The van der Waals surface area contributed by atoms with Crippen LogP contribution in [-0.4, -0.2) is 28.8 Å². The van der Waals surface area contributed by atoms with E-state index in [1.165, 1.54) is 5.56 Å². The average Bonchev–Trinajstić information content (AvgIpc) is 3.10. The fraction of sp³-hybridized carbons (Fsp3) is 0.333. The summed E-state index contributed by atoms with van der Waals surface area (Å²) in [7, 11) is 0. The van der Waals surface area contributed by atoms with Crippen molar-refractivity contribution in [2.75, 3.05) is 0 Å². The van der Waals surface area contributed by atoms with Gasteiger partial charge in [0, 0.05) is 27.7 Å². The molecule has 2 aliphatic rings. The molecule has 5 rings (SSSR count). The Balaban J connectivity index is 1.53. The van der Waals surface area contributed by atoms with Crippen LogP contribution < -0.4 is 5.73 Å². The Hall–Kier alpha value is -2.63. The van der Waals surface area contributed by atoms with Gasteiger partial charge in [0.25, 0.3) is 0 Å². The Labute approximate surface area is 180 Å². The number of hydrogen-bond acceptors (Lipinski definition) is 4. The maximum atomic E-state index is 13.2. The van der Waals surface area contributed by atoms with Gasteiger partial charge in [0.05, 0.1) is 6.04 Å². The first-order valence-corrected chi connectivity index (χ1v) is 10.7. The second-order valence-electron chi connectivity index (χ2n) is 8.33. The number of rotatable bonds is 4. The van der Waals surface area contributed by atoms with Crippen molar-refractivity contribution >= 4 is 34.2 Å². The number of H-pyrrole nitrogens is 1. The lowest BCUT2D eigenvalue weighted by Gasteiger charge is -2.42. The van der Waals surface area contributed by atoms with E-state index < -0.39 is 17.7 Å². The van der Waals surface area contributed by atoms with Crippen LogP contribution >= 0.6 is 11.6 Å². The highest BCUT2D eigenvalue weighted by molar-refractivity contribution is 6.32. The van der Waals surface area contributed by atoms with Gasteiger partial charge in [-0.3, -0.25) is 4.79 Å². The zero-order valence-electron chi connectivity index (χ0n) is 16.8. The normalized spacial score (nSPS) is 24.4. The number of aryl methyl sites for hydroxylation is 1. The molecule has 3 atom stereocenters. The van der Waals surface area contributed by atoms with E-state index in [9.17, 15) is 4.79 Å². The minimum Gasteiger partial charge on any atom is -0.468 e. The maximum absolute atomic E-state index is 13.2. The predicted octanol–water partition coefficient (Wildman–Crippen LogP) is 4.45. The van der Waals surface area contributed by atoms with Gasteiger partial charge in [-0.25, -0.2) is 4.99 Å². The summed E-state index contributed by atoms with van der Waals surface area (Å²) >= 11 is 6.49. The third-order valence-corrected chi connectivity index (χ3v) is 6.60. The van der Waals surface area contributed by atoms with Crippen molar-refractivity contribution in [1.82, 2.24) is 4.98 Å². The molecule has 6 heteroatoms. The van der Waals surface area contributed by atoms with Crippen molar-refractivity contribution in [3.63, 3.8) is 0 Å². The molecule has 1 unspecified atom stereocenters. The fourth-order valence-corrected chi connectivity index (χ4v) is 5.02. The van der Waals surface area contributed by atoms with Crippen LogP contribution in [0.1, 0.15) is 36.0 Å². The van der Waals surface area contributed by atoms with E-state index in [0.29, 0.717) is 30.2 Å². The van der Waals surface area contributed by atoms with Crippen molar-refractivity contribution in [3.05, 3.63) is 70.4 Å². The second kappa shape index (κ2) is 7.25. The van der Waals surface area contributed by atoms with Crippen LogP contribution in [0.5, 0.6) is 0 Å². The molecule has 1 aliphatic heterocycles. The van der Waals surface area contributed by atoms with E-state index in [4.69, 9.17) is 27.1 Å². The first-order chi connectivity index (χ1) is 14.5. The van der Waals surface area contributed by atoms with E-state index in [-0.39, 0.29) is 5.78 Å². The topological polar surface area (TPSA) is 80.5 Å². The number of ketones is 1. The van der Waals surface area contributed by atoms with Gasteiger partial charge in [0.2, 0.25) is 11.7 Å². The zero-order chi connectivity index (χ0) is 20.9. The number of benzene rings is 2. The Bertz CT molecular complexity index is 1170. The van der Waals surface area contributed by atoms with E-state index in [1.807, 2.05) is 24.4 Å². The van der Waals surface area contributed by atoms with Gasteiger partial charge in [-0.1, -0.05) is 41.4 Å². The van der Waals surface area contributed by atoms with Gasteiger partial charge in [-0.2, -0.15) is 0 Å². The van der Waals surface area contributed by atoms with E-state index in [0.717, 1.165) is 28.5 Å². The molecule has 1 aliphatic carbocycles. The zero-order valence-corrected chi connectivity index (χ0v) is 17.6. The number of fused-ring (bicyclic) bond motifs is 3. The van der Waals surface area contributed by atoms with E-state index >= 15 is 0 Å². The molecule has 30 heavy (non-hydrogen) atoms. The number of nitrogens with two attached hydrogens (primary N) is 1. The summed E-state index contributed by atoms with van der Waals surface area (Å²) in [5.41, 5.74) is 9.71. The summed E-state index contributed by atoms with van der Waals surface area (Å²) in [4.78, 5) is 21.4. The number of aromatic amines is 1. The van der Waals surface area contributed by atoms with Crippen LogP contribution in [-0.2, 0) is 21.5 Å². The minimum atomic E-state index is -0.997. The molecule has 0 radical (unpaired) electrons. The van der Waals surface area contributed by atoms with Crippen LogP contribution in [0.25, 0.3) is 10.9 Å². The Morgan fingerprint density at radius 3 is 3.00 bits per heavy atom. The fourth-order valence-electron chi connectivity index (χ4n) is 4.73. The summed E-state index contributed by atoms with van der Waals surface area (Å²) in [6.07, 6.45) is 4.21. The van der Waals surface area contributed by atoms with Gasteiger partial charge in [-0.05, 0) is 56.4 Å². The molecule has 2 heterocycles. The lowest BCUT2D eigenvalue weighted by atomic mass is 9.73. The lowest BCUT2D eigenvalue weighted by molar-refractivity contribution is -0.137. The minimum absolute atomic E-state index is 0.0134. The van der Waals surface area contributed by atoms with Gasteiger partial charge in [-0.15, -0.1) is 0 Å². The third kappa shape index (κ3) is 3.04. The molecule has 1 saturated carbocycles. The summed E-state index contributed by atoms with van der Waals surface area (Å²) < 4.78 is 6.02. The number of carbonyl (C=O) groups excluding carboxylic acids is 1. The van der Waals surface area contributed by atoms with Gasteiger partial charge < -0.3 is 15.5 Å². The number of Topliss-reactive ketones (excluding diaryl/α,β-unsaturated/α-hetero) is 1. The standard InChI is InChI=1S/C24H24ClN3O2/c1-14-8-9-20-16(11-14)15(13-27-20)12-19(26)23-28-24(17-5-2-3-6-18(17)25)10-4-7-21(30-23)22(24)29/h2-3,5-6,8-9,11,13,19,21,27H,4,7,10,12,26H2,1H3/t19?,21-,24-/m0/s1. The summed E-state index contributed by atoms with van der Waals surface area (Å²) in [5.74, 6) is 0.432. The van der Waals surface area contributed by atoms with Crippen molar-refractivity contribution < 1.29 is 9.53 Å². The predicted molar refractivity (Wildman–Crippen MR) is 119 cm³/mol. The van der Waals surface area contributed by atoms with Crippen molar-refractivity contribution in [2.24, 2.45) is 10.7 Å². The smallest absolute Gasteiger partial charge is 0.205 e. The summed E-state index contributed by atoms with van der Waals surface area (Å²) in [6, 6.07) is 13.3. The molecule has 3 aromatic rings. The highest BCUT2D eigenvalue weighted by atomic mass is 35.5. The van der Waals surface area contributed by atoms with Crippen molar-refractivity contribution in [2.45, 2.75) is 50.3 Å². The summed E-state index contributed by atoms with van der Waals surface area (Å²) in [5, 5.41) is 1.70. The molecule has 3 N–H and O–H groups in total. The number of carbonyl (C=O) groups is 1. The van der Waals surface area contributed by atoms with Crippen LogP contribution in [0, 0.1) is 6.92 Å². The van der Waals surface area contributed by atoms with E-state index in [2.05, 4.69) is 30.1 Å². The lowest BCUT2D eigenvalue weighted by Crippen LogP contribution is -2.54. The highest BCUT2D eigenvalue weighted by Gasteiger charge is 2.52. The van der Waals surface area contributed by atoms with Crippen molar-refractivity contribution in [1.29, 1.82) is 0 Å². The number of nitrogens with zero attached hydrogens (tertiary/aromatic N) is 1. The number of halogens is 1. The number of aromatic nitrogens is 1. The van der Waals surface area contributed by atoms with Gasteiger partial charge >= 0.3 is 0 Å². The molecular formula is C24H24ClN3O2. The van der Waals surface area contributed by atoms with Crippen molar-refractivity contribution in [3.8, 4) is 0 Å². The molecule has 5 nitrogen and oxygen atoms in total. The molecule has 0 amide bonds. The molecule has 2 aromatic carbocycles. The van der Waals surface area contributed by atoms with Crippen LogP contribution in [0.3, 0.4) is 0 Å². The van der Waals surface area contributed by atoms with Crippen LogP contribution in [0.4, 0.5) is 0 Å². The highest BCUT2D eigenvalue weighted by Crippen LogP contribution is 2.44. The van der Waals surface area contributed by atoms with E-state index in [1.54, 1.807) is 6.07 Å². The molecule has 0 saturated heterocycles. The Kier molecular flexibility index (Phi) is 4.68. The molecule has 0 spiro atoms. The number of ether oxygens (including phenoxy) is 1. The SMILES string of the molecule is Cc1ccc2[nH]cc(CC(N)C3=N[C@]4(c5ccccc5Cl)CCC[C@H](O3)C4=O)c2c1. The Morgan fingerprint density at radius 2 is 2.17 bits per heavy atom. The monoisotopic (exact) mass is 421 g/mol. The van der Waals surface area contributed by atoms with Gasteiger partial charge in [0.1, 0.15) is 0 Å². The molecule has 2 bridgehead atoms. The molecule has 1 fully saturated rings. The van der Waals surface area contributed by atoms with Crippen LogP contribution in [0.15, 0.2) is 53.7 Å². The number of nitrogens with one attached hydrogen (secondary N) is 1. The number of hydrogen-bond donors (Lipinski definition) is 2. The quantitative estimate of drug-likeness (QED) is 0.653. The second-order valence-corrected chi connectivity index (χ2v) is 8.73. The molecular weight excluding hydrogens is 398 g/mol. The summed E-state index contributed by atoms with van der Waals surface area (Å²) in [6.45, 7) is 2.07. The number of aliphatic imine (C=N–C) groups is 1. The van der Waals surface area contributed by atoms with Crippen LogP contribution in [0.2, 0.25) is 5.02 Å². The maximum Gasteiger partial charge on any atom is 0.205 e. The Morgan fingerprint density at radius 1 is 1.33 bits per heavy atom. The molecule has 1 aromatic heterocycles. The average molecular weight is 422 g/mol. The first kappa shape index (κ1) is 19.3. The van der Waals surface area contributed by atoms with Gasteiger partial charge in [0.15, 0.2) is 11.6 Å². The third-order valence-electron chi connectivity index (χ3n) is 6.27. The molecule has 154 valence electrons. The first-order valence-electron chi connectivity index (χ1n) is 10.4.